The Balaban J connectivity index is 2.88. The van der Waals surface area contributed by atoms with Crippen molar-refractivity contribution < 1.29 is 4.39 Å². The Morgan fingerprint density at radius 2 is 2.06 bits per heavy atom. The van der Waals surface area contributed by atoms with Crippen LogP contribution in [0.15, 0.2) is 24.3 Å². The highest BCUT2D eigenvalue weighted by Crippen LogP contribution is 2.23. The summed E-state index contributed by atoms with van der Waals surface area (Å²) in [6.07, 6.45) is 2.07. The van der Waals surface area contributed by atoms with Gasteiger partial charge in [0.1, 0.15) is 5.82 Å². The largest absolute Gasteiger partial charge is 0.329 e. The molecule has 0 spiro atoms. The van der Waals surface area contributed by atoms with E-state index in [0.29, 0.717) is 18.2 Å². The average molecular weight is 256 g/mol. The molecule has 1 rings (SSSR count). The minimum atomic E-state index is -0.175. The highest BCUT2D eigenvalue weighted by atomic mass is 32.2. The van der Waals surface area contributed by atoms with Gasteiger partial charge in [-0.3, -0.25) is 4.90 Å². The van der Waals surface area contributed by atoms with E-state index in [1.165, 1.54) is 6.07 Å². The molecule has 1 aromatic rings. The minimum absolute atomic E-state index is 0.0571. The summed E-state index contributed by atoms with van der Waals surface area (Å²) in [7, 11) is 2.00. The fourth-order valence-electron chi connectivity index (χ4n) is 1.92. The zero-order valence-corrected chi connectivity index (χ0v) is 11.5. The van der Waals surface area contributed by atoms with Crippen LogP contribution in [0.3, 0.4) is 0 Å². The van der Waals surface area contributed by atoms with Crippen molar-refractivity contribution in [2.45, 2.75) is 19.0 Å². The maximum Gasteiger partial charge on any atom is 0.128 e. The molecular weight excluding hydrogens is 235 g/mol. The van der Waals surface area contributed by atoms with Gasteiger partial charge in [0.05, 0.1) is 0 Å². The summed E-state index contributed by atoms with van der Waals surface area (Å²) < 4.78 is 13.7. The van der Waals surface area contributed by atoms with Crippen LogP contribution in [0.2, 0.25) is 0 Å². The number of hydrogen-bond donors (Lipinski definition) is 1. The predicted molar refractivity (Wildman–Crippen MR) is 73.8 cm³/mol. The van der Waals surface area contributed by atoms with Crippen molar-refractivity contribution in [3.8, 4) is 0 Å². The molecule has 0 heterocycles. The van der Waals surface area contributed by atoms with Crippen LogP contribution < -0.4 is 5.73 Å². The smallest absolute Gasteiger partial charge is 0.128 e. The molecule has 4 heteroatoms. The lowest BCUT2D eigenvalue weighted by Gasteiger charge is -2.32. The van der Waals surface area contributed by atoms with Crippen molar-refractivity contribution in [2.75, 3.05) is 25.6 Å². The van der Waals surface area contributed by atoms with Gasteiger partial charge in [-0.2, -0.15) is 11.8 Å². The molecule has 0 bridgehead atoms. The molecule has 0 saturated heterocycles. The van der Waals surface area contributed by atoms with Gasteiger partial charge in [-0.1, -0.05) is 18.2 Å². The van der Waals surface area contributed by atoms with Crippen molar-refractivity contribution in [3.63, 3.8) is 0 Å². The summed E-state index contributed by atoms with van der Waals surface area (Å²) in [5.41, 5.74) is 6.48. The molecule has 0 amide bonds. The van der Waals surface area contributed by atoms with Crippen LogP contribution in [0.25, 0.3) is 0 Å². The zero-order valence-electron chi connectivity index (χ0n) is 10.7. The van der Waals surface area contributed by atoms with E-state index >= 15 is 0 Å². The van der Waals surface area contributed by atoms with E-state index in [2.05, 4.69) is 18.1 Å². The molecule has 0 fully saturated rings. The van der Waals surface area contributed by atoms with Gasteiger partial charge < -0.3 is 5.73 Å². The molecule has 96 valence electrons. The van der Waals surface area contributed by atoms with Crippen molar-refractivity contribution in [3.05, 3.63) is 35.6 Å². The van der Waals surface area contributed by atoms with Crippen molar-refractivity contribution >= 4 is 11.8 Å². The van der Waals surface area contributed by atoms with E-state index in [0.717, 1.165) is 5.75 Å². The third-order valence-electron chi connectivity index (χ3n) is 3.08. The Morgan fingerprint density at radius 3 is 2.59 bits per heavy atom. The maximum absolute atomic E-state index is 13.7. The first kappa shape index (κ1) is 14.5. The first-order valence-electron chi connectivity index (χ1n) is 5.77. The summed E-state index contributed by atoms with van der Waals surface area (Å²) in [6.45, 7) is 2.57. The van der Waals surface area contributed by atoms with E-state index in [9.17, 15) is 4.39 Å². The number of nitrogens with two attached hydrogens (primary N) is 1. The average Bonchev–Trinajstić information content (AvgIpc) is 2.32. The van der Waals surface area contributed by atoms with Gasteiger partial charge in [0, 0.05) is 29.9 Å². The lowest BCUT2D eigenvalue weighted by molar-refractivity contribution is 0.200. The topological polar surface area (TPSA) is 29.3 Å². The Bertz CT molecular complexity index is 346. The highest BCUT2D eigenvalue weighted by Gasteiger charge is 2.22. The molecule has 2 nitrogen and oxygen atoms in total. The molecule has 2 N–H and O–H groups in total. The van der Waals surface area contributed by atoms with Gasteiger partial charge in [0.15, 0.2) is 0 Å². The Labute approximate surface area is 107 Å². The monoisotopic (exact) mass is 256 g/mol. The van der Waals surface area contributed by atoms with Crippen LogP contribution in [0.5, 0.6) is 0 Å². The quantitative estimate of drug-likeness (QED) is 0.848. The van der Waals surface area contributed by atoms with Crippen molar-refractivity contribution in [1.29, 1.82) is 0 Å². The van der Waals surface area contributed by atoms with Gasteiger partial charge in [-0.05, 0) is 26.3 Å². The first-order valence-corrected chi connectivity index (χ1v) is 7.16. The van der Waals surface area contributed by atoms with Crippen LogP contribution in [0.1, 0.15) is 18.5 Å². The van der Waals surface area contributed by atoms with Gasteiger partial charge in [0.25, 0.3) is 0 Å². The Morgan fingerprint density at radius 1 is 1.41 bits per heavy atom. The second-order valence-electron chi connectivity index (χ2n) is 4.24. The molecule has 0 radical (unpaired) electrons. The molecule has 17 heavy (non-hydrogen) atoms. The number of hydrogen-bond acceptors (Lipinski definition) is 3. The number of rotatable bonds is 6. The van der Waals surface area contributed by atoms with Crippen LogP contribution in [-0.4, -0.2) is 36.5 Å². The van der Waals surface area contributed by atoms with Gasteiger partial charge in [-0.25, -0.2) is 4.39 Å². The lowest BCUT2D eigenvalue weighted by atomic mass is 10.0. The number of thioether (sulfide) groups is 1. The Kier molecular flexibility index (Phi) is 5.95. The molecule has 2 atom stereocenters. The van der Waals surface area contributed by atoms with Gasteiger partial charge >= 0.3 is 0 Å². The second kappa shape index (κ2) is 6.99. The summed E-state index contributed by atoms with van der Waals surface area (Å²) >= 11 is 1.79. The van der Waals surface area contributed by atoms with E-state index in [1.54, 1.807) is 17.8 Å². The fourth-order valence-corrected chi connectivity index (χ4v) is 2.64. The van der Waals surface area contributed by atoms with Crippen molar-refractivity contribution in [1.82, 2.24) is 4.90 Å². The highest BCUT2D eigenvalue weighted by molar-refractivity contribution is 7.98. The summed E-state index contributed by atoms with van der Waals surface area (Å²) in [5.74, 6) is 0.840. The molecule has 1 aromatic carbocycles. The van der Waals surface area contributed by atoms with Crippen molar-refractivity contribution in [2.24, 2.45) is 5.73 Å². The number of nitrogens with zero attached hydrogens (tertiary/aromatic N) is 1. The third-order valence-corrected chi connectivity index (χ3v) is 3.90. The lowest BCUT2D eigenvalue weighted by Crippen LogP contribution is -2.38. The van der Waals surface area contributed by atoms with Gasteiger partial charge in [0.2, 0.25) is 0 Å². The predicted octanol–water partition coefficient (Wildman–Crippen LogP) is 2.51. The second-order valence-corrected chi connectivity index (χ2v) is 5.15. The van der Waals surface area contributed by atoms with E-state index in [4.69, 9.17) is 5.73 Å². The SMILES string of the molecule is CSCC(C)N(C)C(CN)c1ccccc1F. The molecular formula is C13H21FN2S. The minimum Gasteiger partial charge on any atom is -0.329 e. The molecule has 0 aromatic heterocycles. The number of halogens is 1. The van der Waals surface area contributed by atoms with Crippen LogP contribution in [0.4, 0.5) is 4.39 Å². The fraction of sp³-hybridized carbons (Fsp3) is 0.538. The Hall–Kier alpha value is -0.580. The van der Waals surface area contributed by atoms with Crippen LogP contribution in [-0.2, 0) is 0 Å². The summed E-state index contributed by atoms with van der Waals surface area (Å²) in [4.78, 5) is 2.15. The zero-order chi connectivity index (χ0) is 12.8. The molecule has 2 unspecified atom stereocenters. The van der Waals surface area contributed by atoms with E-state index < -0.39 is 0 Å². The molecule has 0 aliphatic rings. The van der Waals surface area contributed by atoms with E-state index in [-0.39, 0.29) is 11.9 Å². The maximum atomic E-state index is 13.7. The summed E-state index contributed by atoms with van der Waals surface area (Å²) in [6, 6.07) is 7.18. The van der Waals surface area contributed by atoms with Crippen LogP contribution >= 0.6 is 11.8 Å². The molecule has 0 aliphatic carbocycles. The summed E-state index contributed by atoms with van der Waals surface area (Å²) in [5, 5.41) is 0. The first-order chi connectivity index (χ1) is 8.11. The molecule has 0 saturated carbocycles. The molecule has 0 aliphatic heterocycles. The van der Waals surface area contributed by atoms with Gasteiger partial charge in [-0.15, -0.1) is 0 Å². The number of benzene rings is 1. The number of likely N-dealkylation sites (N-methyl/N-ethyl adjacent to an activating group) is 1. The van der Waals surface area contributed by atoms with Crippen LogP contribution in [0, 0.1) is 5.82 Å². The van der Waals surface area contributed by atoms with E-state index in [1.807, 2.05) is 19.2 Å². The standard InChI is InChI=1S/C13H21FN2S/c1-10(9-17-3)16(2)13(8-15)11-6-4-5-7-12(11)14/h4-7,10,13H,8-9,15H2,1-3H3. The third kappa shape index (κ3) is 3.69. The normalized spacial score (nSPS) is 14.9.